The Hall–Kier alpha value is -0.320. The molecule has 70 valence electrons. The molecule has 0 rings (SSSR count). The molecule has 4 nitrogen and oxygen atoms in total. The van der Waals surface area contributed by atoms with Crippen molar-refractivity contribution >= 4 is 41.4 Å². The Kier molecular flexibility index (Phi) is 7.21. The molecule has 0 aromatic rings. The van der Waals surface area contributed by atoms with Crippen LogP contribution >= 0.6 is 0 Å². The SMILES string of the molecule is C=CC(=O)NC(C)(C)CC(=O)O.[NaH]. The summed E-state index contributed by atoms with van der Waals surface area (Å²) in [6.45, 7) is 6.55. The standard InChI is InChI=1S/C8H13NO3.Na.H/c1-4-6(10)9-8(2,3)5-7(11)12;;/h4H,1,5H2,2-3H3,(H,9,10)(H,11,12);;. The fourth-order valence-electron chi connectivity index (χ4n) is 0.807. The third-order valence-electron chi connectivity index (χ3n) is 1.24. The van der Waals surface area contributed by atoms with Crippen molar-refractivity contribution in [1.82, 2.24) is 5.32 Å². The van der Waals surface area contributed by atoms with E-state index in [4.69, 9.17) is 5.11 Å². The van der Waals surface area contributed by atoms with Crippen LogP contribution in [0.25, 0.3) is 0 Å². The topological polar surface area (TPSA) is 66.4 Å². The molecule has 0 bridgehead atoms. The van der Waals surface area contributed by atoms with E-state index in [0.29, 0.717) is 0 Å². The van der Waals surface area contributed by atoms with Crippen molar-refractivity contribution in [2.75, 3.05) is 0 Å². The van der Waals surface area contributed by atoms with Gasteiger partial charge >= 0.3 is 35.5 Å². The van der Waals surface area contributed by atoms with Crippen molar-refractivity contribution in [3.8, 4) is 0 Å². The zero-order valence-corrected chi connectivity index (χ0v) is 7.26. The van der Waals surface area contributed by atoms with Gasteiger partial charge in [0.15, 0.2) is 0 Å². The number of aliphatic carboxylic acids is 1. The van der Waals surface area contributed by atoms with Crippen molar-refractivity contribution < 1.29 is 14.7 Å². The van der Waals surface area contributed by atoms with Crippen molar-refractivity contribution in [2.24, 2.45) is 0 Å². The number of carbonyl (C=O) groups is 2. The summed E-state index contributed by atoms with van der Waals surface area (Å²) in [5.41, 5.74) is -0.725. The van der Waals surface area contributed by atoms with Crippen LogP contribution in [-0.4, -0.2) is 52.1 Å². The molecular weight excluding hydrogens is 181 g/mol. The van der Waals surface area contributed by atoms with E-state index in [1.54, 1.807) is 13.8 Å². The van der Waals surface area contributed by atoms with Crippen LogP contribution in [0.3, 0.4) is 0 Å². The zero-order chi connectivity index (χ0) is 9.78. The first-order chi connectivity index (χ1) is 5.37. The minimum atomic E-state index is -0.940. The molecule has 0 saturated carbocycles. The molecular formula is C8H14NNaO3. The van der Waals surface area contributed by atoms with E-state index in [1.165, 1.54) is 0 Å². The fourth-order valence-corrected chi connectivity index (χ4v) is 0.807. The molecule has 0 radical (unpaired) electrons. The number of carboxylic acids is 1. The Balaban J connectivity index is 0. The summed E-state index contributed by atoms with van der Waals surface area (Å²) in [5.74, 6) is -1.30. The Morgan fingerprint density at radius 2 is 2.00 bits per heavy atom. The van der Waals surface area contributed by atoms with Crippen LogP contribution in [0.2, 0.25) is 0 Å². The summed E-state index contributed by atoms with van der Waals surface area (Å²) in [6, 6.07) is 0. The predicted octanol–water partition coefficient (Wildman–Crippen LogP) is -0.107. The van der Waals surface area contributed by atoms with Gasteiger partial charge < -0.3 is 10.4 Å². The van der Waals surface area contributed by atoms with Gasteiger partial charge in [-0.25, -0.2) is 0 Å². The van der Waals surface area contributed by atoms with Crippen molar-refractivity contribution in [1.29, 1.82) is 0 Å². The van der Waals surface area contributed by atoms with E-state index in [9.17, 15) is 9.59 Å². The second-order valence-corrected chi connectivity index (χ2v) is 3.15. The molecule has 0 saturated heterocycles. The van der Waals surface area contributed by atoms with Crippen LogP contribution in [0.1, 0.15) is 20.3 Å². The summed E-state index contributed by atoms with van der Waals surface area (Å²) in [7, 11) is 0. The first-order valence-electron chi connectivity index (χ1n) is 3.54. The van der Waals surface area contributed by atoms with Crippen LogP contribution in [0, 0.1) is 0 Å². The van der Waals surface area contributed by atoms with Gasteiger partial charge in [-0.2, -0.15) is 0 Å². The second-order valence-electron chi connectivity index (χ2n) is 3.15. The molecule has 0 aromatic heterocycles. The Bertz CT molecular complexity index is 213. The maximum absolute atomic E-state index is 10.8. The summed E-state index contributed by atoms with van der Waals surface area (Å²) >= 11 is 0. The van der Waals surface area contributed by atoms with E-state index < -0.39 is 11.5 Å². The average Bonchev–Trinajstić information content (AvgIpc) is 1.83. The Labute approximate surface area is 99.7 Å². The van der Waals surface area contributed by atoms with Crippen molar-refractivity contribution in [2.45, 2.75) is 25.8 Å². The van der Waals surface area contributed by atoms with E-state index in [0.717, 1.165) is 6.08 Å². The molecule has 1 amide bonds. The molecule has 0 aromatic carbocycles. The molecule has 0 aliphatic heterocycles. The number of amides is 1. The number of carboxylic acid groups (broad SMARTS) is 1. The molecule has 13 heavy (non-hydrogen) atoms. The van der Waals surface area contributed by atoms with E-state index in [1.807, 2.05) is 0 Å². The molecule has 0 heterocycles. The quantitative estimate of drug-likeness (QED) is 0.486. The van der Waals surface area contributed by atoms with Crippen LogP contribution < -0.4 is 5.32 Å². The Morgan fingerprint density at radius 1 is 1.54 bits per heavy atom. The number of nitrogens with one attached hydrogen (secondary N) is 1. The summed E-state index contributed by atoms with van der Waals surface area (Å²) in [6.07, 6.45) is 1.01. The van der Waals surface area contributed by atoms with Gasteiger partial charge in [-0.3, -0.25) is 9.59 Å². The molecule has 5 heteroatoms. The first-order valence-corrected chi connectivity index (χ1v) is 3.54. The molecule has 0 aliphatic rings. The van der Waals surface area contributed by atoms with E-state index in [-0.39, 0.29) is 41.9 Å². The molecule has 0 aliphatic carbocycles. The third-order valence-corrected chi connectivity index (χ3v) is 1.24. The minimum absolute atomic E-state index is 0. The summed E-state index contributed by atoms with van der Waals surface area (Å²) in [4.78, 5) is 21.1. The predicted molar refractivity (Wildman–Crippen MR) is 51.8 cm³/mol. The normalized spacial score (nSPS) is 9.69. The van der Waals surface area contributed by atoms with Gasteiger partial charge in [0, 0.05) is 5.54 Å². The Morgan fingerprint density at radius 3 is 2.31 bits per heavy atom. The molecule has 0 spiro atoms. The molecule has 2 N–H and O–H groups in total. The van der Waals surface area contributed by atoms with Crippen LogP contribution in [-0.2, 0) is 9.59 Å². The second kappa shape index (κ2) is 6.18. The van der Waals surface area contributed by atoms with Crippen LogP contribution in [0.5, 0.6) is 0 Å². The first kappa shape index (κ1) is 15.2. The van der Waals surface area contributed by atoms with Gasteiger partial charge in [0.1, 0.15) is 0 Å². The number of hydrogen-bond donors (Lipinski definition) is 2. The third kappa shape index (κ3) is 8.02. The summed E-state index contributed by atoms with van der Waals surface area (Å²) < 4.78 is 0. The fraction of sp³-hybridized carbons (Fsp3) is 0.500. The van der Waals surface area contributed by atoms with Gasteiger partial charge in [-0.15, -0.1) is 0 Å². The monoisotopic (exact) mass is 195 g/mol. The van der Waals surface area contributed by atoms with Crippen LogP contribution in [0.4, 0.5) is 0 Å². The maximum atomic E-state index is 10.8. The van der Waals surface area contributed by atoms with Gasteiger partial charge in [-0.1, -0.05) is 6.58 Å². The van der Waals surface area contributed by atoms with Crippen LogP contribution in [0.15, 0.2) is 12.7 Å². The molecule has 0 fully saturated rings. The average molecular weight is 195 g/mol. The summed E-state index contributed by atoms with van der Waals surface area (Å²) in [5, 5.41) is 11.0. The van der Waals surface area contributed by atoms with Crippen molar-refractivity contribution in [3.63, 3.8) is 0 Å². The number of hydrogen-bond acceptors (Lipinski definition) is 2. The van der Waals surface area contributed by atoms with Gasteiger partial charge in [-0.05, 0) is 19.9 Å². The van der Waals surface area contributed by atoms with Gasteiger partial charge in [0.2, 0.25) is 5.91 Å². The molecule has 0 atom stereocenters. The van der Waals surface area contributed by atoms with Gasteiger partial charge in [0.25, 0.3) is 0 Å². The van der Waals surface area contributed by atoms with E-state index in [2.05, 4.69) is 11.9 Å². The number of rotatable bonds is 4. The van der Waals surface area contributed by atoms with E-state index >= 15 is 0 Å². The zero-order valence-electron chi connectivity index (χ0n) is 7.26. The number of carbonyl (C=O) groups excluding carboxylic acids is 1. The van der Waals surface area contributed by atoms with Crippen molar-refractivity contribution in [3.05, 3.63) is 12.7 Å². The molecule has 0 unspecified atom stereocenters. The van der Waals surface area contributed by atoms with Gasteiger partial charge in [0.05, 0.1) is 6.42 Å².